The van der Waals surface area contributed by atoms with E-state index in [1.54, 1.807) is 0 Å². The van der Waals surface area contributed by atoms with Gasteiger partial charge in [-0.25, -0.2) is 0 Å². The van der Waals surface area contributed by atoms with Crippen molar-refractivity contribution in [2.75, 3.05) is 13.1 Å². The number of nitro groups is 1. The van der Waals surface area contributed by atoms with Crippen molar-refractivity contribution < 1.29 is 9.72 Å². The number of benzene rings is 2. The molecule has 3 aromatic rings. The summed E-state index contributed by atoms with van der Waals surface area (Å²) in [5.41, 5.74) is 4.81. The van der Waals surface area contributed by atoms with Gasteiger partial charge in [-0.2, -0.15) is 0 Å². The van der Waals surface area contributed by atoms with Gasteiger partial charge in [0.25, 0.3) is 5.91 Å². The molecule has 0 aliphatic carbocycles. The van der Waals surface area contributed by atoms with Crippen molar-refractivity contribution in [1.82, 2.24) is 10.2 Å². The molecule has 1 saturated heterocycles. The Morgan fingerprint density at radius 2 is 1.83 bits per heavy atom. The Balaban J connectivity index is 1.44. The summed E-state index contributed by atoms with van der Waals surface area (Å²) in [6.07, 6.45) is 2.58. The van der Waals surface area contributed by atoms with Crippen LogP contribution in [0.4, 0.5) is 5.00 Å². The maximum absolute atomic E-state index is 12.4. The number of likely N-dealkylation sites (tertiary alicyclic amines) is 1. The predicted molar refractivity (Wildman–Crippen MR) is 119 cm³/mol. The van der Waals surface area contributed by atoms with E-state index in [-0.39, 0.29) is 10.9 Å². The van der Waals surface area contributed by atoms with Gasteiger partial charge in [-0.1, -0.05) is 59.9 Å². The van der Waals surface area contributed by atoms with E-state index in [2.05, 4.69) is 34.5 Å². The molecule has 0 radical (unpaired) electrons. The number of nitrogens with zero attached hydrogens (tertiary/aromatic N) is 2. The maximum Gasteiger partial charge on any atom is 0.324 e. The van der Waals surface area contributed by atoms with Crippen LogP contribution in [0.1, 0.15) is 34.3 Å². The zero-order chi connectivity index (χ0) is 20.9. The van der Waals surface area contributed by atoms with Crippen molar-refractivity contribution in [3.05, 3.63) is 86.8 Å². The highest BCUT2D eigenvalue weighted by molar-refractivity contribution is 7.13. The summed E-state index contributed by atoms with van der Waals surface area (Å²) >= 11 is 0.957. The number of rotatable bonds is 7. The van der Waals surface area contributed by atoms with Gasteiger partial charge in [0.05, 0.1) is 10.5 Å². The highest BCUT2D eigenvalue weighted by Gasteiger charge is 2.16. The summed E-state index contributed by atoms with van der Waals surface area (Å²) in [6.45, 7) is 3.70. The van der Waals surface area contributed by atoms with Gasteiger partial charge in [-0.3, -0.25) is 19.8 Å². The molecule has 2 aromatic carbocycles. The highest BCUT2D eigenvalue weighted by atomic mass is 32.1. The molecule has 7 heteroatoms. The smallest absolute Gasteiger partial charge is 0.324 e. The van der Waals surface area contributed by atoms with Crippen molar-refractivity contribution >= 4 is 22.2 Å². The second-order valence-corrected chi connectivity index (χ2v) is 8.34. The van der Waals surface area contributed by atoms with Crippen molar-refractivity contribution in [3.8, 4) is 11.1 Å². The van der Waals surface area contributed by atoms with Crippen LogP contribution in [0, 0.1) is 10.1 Å². The number of carbonyl (C=O) groups excluding carboxylic acids is 1. The van der Waals surface area contributed by atoms with Gasteiger partial charge in [0.1, 0.15) is 0 Å². The normalized spacial score (nSPS) is 14.0. The molecule has 2 heterocycles. The summed E-state index contributed by atoms with van der Waals surface area (Å²) in [4.78, 5) is 25.2. The molecule has 0 atom stereocenters. The average Bonchev–Trinajstić information content (AvgIpc) is 3.45. The van der Waals surface area contributed by atoms with E-state index in [1.165, 1.54) is 42.9 Å². The second-order valence-electron chi connectivity index (χ2n) is 7.45. The standard InChI is InChI=1S/C23H23N3O3S/c27-23(20-13-22(26(28)29)30-16-20)24-14-19-5-1-2-6-21(19)18-9-7-17(8-10-18)15-25-11-3-4-12-25/h1-2,5-10,13,16H,3-4,11-12,14-15H2,(H,24,27). The zero-order valence-corrected chi connectivity index (χ0v) is 17.4. The molecule has 1 aromatic heterocycles. The van der Waals surface area contributed by atoms with Crippen LogP contribution in [0.15, 0.2) is 60.0 Å². The third-order valence-electron chi connectivity index (χ3n) is 5.35. The number of thiophene rings is 1. The molecule has 0 spiro atoms. The molecule has 0 saturated carbocycles. The third kappa shape index (κ3) is 4.75. The number of nitrogens with one attached hydrogen (secondary N) is 1. The first kappa shape index (κ1) is 20.3. The van der Waals surface area contributed by atoms with E-state index in [1.807, 2.05) is 24.3 Å². The van der Waals surface area contributed by atoms with E-state index in [0.29, 0.717) is 12.1 Å². The number of hydrogen-bond donors (Lipinski definition) is 1. The molecule has 1 aliphatic rings. The first-order valence-electron chi connectivity index (χ1n) is 10.0. The molecule has 0 unspecified atom stereocenters. The van der Waals surface area contributed by atoms with Crippen LogP contribution in [0.2, 0.25) is 0 Å². The van der Waals surface area contributed by atoms with E-state index < -0.39 is 4.92 Å². The second kappa shape index (κ2) is 9.19. The van der Waals surface area contributed by atoms with Gasteiger partial charge < -0.3 is 5.32 Å². The minimum absolute atomic E-state index is 0.0328. The van der Waals surface area contributed by atoms with Gasteiger partial charge >= 0.3 is 5.00 Å². The molecule has 1 N–H and O–H groups in total. The monoisotopic (exact) mass is 421 g/mol. The Kier molecular flexibility index (Phi) is 6.21. The first-order chi connectivity index (χ1) is 14.6. The Morgan fingerprint density at radius 1 is 1.10 bits per heavy atom. The zero-order valence-electron chi connectivity index (χ0n) is 16.5. The van der Waals surface area contributed by atoms with Crippen LogP contribution in [0.25, 0.3) is 11.1 Å². The fraction of sp³-hybridized carbons (Fsp3) is 0.261. The lowest BCUT2D eigenvalue weighted by Gasteiger charge is -2.15. The molecule has 1 fully saturated rings. The molecule has 30 heavy (non-hydrogen) atoms. The molecular formula is C23H23N3O3S. The SMILES string of the molecule is O=C(NCc1ccccc1-c1ccc(CN2CCCC2)cc1)c1csc([N+](=O)[O-])c1. The van der Waals surface area contributed by atoms with Crippen LogP contribution in [0.5, 0.6) is 0 Å². The highest BCUT2D eigenvalue weighted by Crippen LogP contribution is 2.26. The Labute approximate surface area is 179 Å². The van der Waals surface area contributed by atoms with Crippen molar-refractivity contribution in [3.63, 3.8) is 0 Å². The Hall–Kier alpha value is -3.03. The van der Waals surface area contributed by atoms with Gasteiger partial charge in [0.15, 0.2) is 0 Å². The van der Waals surface area contributed by atoms with Crippen molar-refractivity contribution in [1.29, 1.82) is 0 Å². The van der Waals surface area contributed by atoms with E-state index in [9.17, 15) is 14.9 Å². The summed E-state index contributed by atoms with van der Waals surface area (Å²) in [5, 5.41) is 15.2. The molecule has 154 valence electrons. The van der Waals surface area contributed by atoms with Gasteiger partial charge in [0, 0.05) is 24.5 Å². The molecular weight excluding hydrogens is 398 g/mol. The van der Waals surface area contributed by atoms with Crippen LogP contribution in [0.3, 0.4) is 0 Å². The summed E-state index contributed by atoms with van der Waals surface area (Å²) < 4.78 is 0. The number of amides is 1. The minimum atomic E-state index is -0.482. The van der Waals surface area contributed by atoms with Crippen LogP contribution in [-0.4, -0.2) is 28.8 Å². The predicted octanol–water partition coefficient (Wildman–Crippen LogP) is 4.85. The van der Waals surface area contributed by atoms with Crippen molar-refractivity contribution in [2.45, 2.75) is 25.9 Å². The fourth-order valence-electron chi connectivity index (χ4n) is 3.76. The fourth-order valence-corrected chi connectivity index (χ4v) is 4.47. The minimum Gasteiger partial charge on any atom is -0.348 e. The van der Waals surface area contributed by atoms with Crippen LogP contribution in [-0.2, 0) is 13.1 Å². The number of hydrogen-bond acceptors (Lipinski definition) is 5. The van der Waals surface area contributed by atoms with E-state index in [4.69, 9.17) is 0 Å². The van der Waals surface area contributed by atoms with Gasteiger partial charge in [-0.15, -0.1) is 0 Å². The average molecular weight is 422 g/mol. The lowest BCUT2D eigenvalue weighted by atomic mass is 9.98. The Bertz CT molecular complexity index is 1040. The summed E-state index contributed by atoms with van der Waals surface area (Å²) in [6, 6.07) is 17.9. The van der Waals surface area contributed by atoms with Gasteiger partial charge in [0.2, 0.25) is 0 Å². The summed E-state index contributed by atoms with van der Waals surface area (Å²) in [5.74, 6) is -0.310. The quantitative estimate of drug-likeness (QED) is 0.437. The first-order valence-corrected chi connectivity index (χ1v) is 10.9. The van der Waals surface area contributed by atoms with E-state index >= 15 is 0 Å². The third-order valence-corrected chi connectivity index (χ3v) is 6.23. The van der Waals surface area contributed by atoms with Crippen LogP contribution >= 0.6 is 11.3 Å². The topological polar surface area (TPSA) is 75.5 Å². The number of carbonyl (C=O) groups is 1. The van der Waals surface area contributed by atoms with E-state index in [0.717, 1.165) is 34.6 Å². The lowest BCUT2D eigenvalue weighted by Crippen LogP contribution is -2.22. The molecule has 0 bridgehead atoms. The van der Waals surface area contributed by atoms with Crippen molar-refractivity contribution in [2.24, 2.45) is 0 Å². The molecule has 1 amide bonds. The van der Waals surface area contributed by atoms with Crippen LogP contribution < -0.4 is 5.32 Å². The Morgan fingerprint density at radius 3 is 2.53 bits per heavy atom. The largest absolute Gasteiger partial charge is 0.348 e. The lowest BCUT2D eigenvalue weighted by molar-refractivity contribution is -0.380. The summed E-state index contributed by atoms with van der Waals surface area (Å²) in [7, 11) is 0. The molecule has 6 nitrogen and oxygen atoms in total. The molecule has 4 rings (SSSR count). The maximum atomic E-state index is 12.4. The molecule has 1 aliphatic heterocycles. The van der Waals surface area contributed by atoms with Gasteiger partial charge in [-0.05, 0) is 48.2 Å².